The lowest BCUT2D eigenvalue weighted by atomic mass is 9.79. The van der Waals surface area contributed by atoms with Crippen molar-refractivity contribution in [2.45, 2.75) is 51.6 Å². The predicted molar refractivity (Wildman–Crippen MR) is 89.3 cm³/mol. The number of benzene rings is 1. The highest BCUT2D eigenvalue weighted by atomic mass is 15.0. The highest BCUT2D eigenvalue weighted by Gasteiger charge is 2.24. The number of hydrogen-bond acceptors (Lipinski definition) is 2. The second-order valence-corrected chi connectivity index (χ2v) is 6.50. The second-order valence-electron chi connectivity index (χ2n) is 6.50. The Labute approximate surface area is 128 Å². The summed E-state index contributed by atoms with van der Waals surface area (Å²) in [5, 5.41) is 3.66. The third-order valence-corrected chi connectivity index (χ3v) is 4.04. The van der Waals surface area contributed by atoms with Gasteiger partial charge in [0.2, 0.25) is 0 Å². The first-order valence-electron chi connectivity index (χ1n) is 7.71. The minimum Gasteiger partial charge on any atom is -0.306 e. The van der Waals surface area contributed by atoms with Gasteiger partial charge in [0, 0.05) is 18.3 Å². The summed E-state index contributed by atoms with van der Waals surface area (Å²) in [5.74, 6) is 0. The van der Waals surface area contributed by atoms with Gasteiger partial charge in [-0.3, -0.25) is 4.98 Å². The number of nitrogens with one attached hydrogen (secondary N) is 1. The normalized spacial score (nSPS) is 14.7. The molecule has 2 rings (SSSR count). The first kappa shape index (κ1) is 15.7. The highest BCUT2D eigenvalue weighted by molar-refractivity contribution is 5.23. The molecule has 0 aliphatic heterocycles. The Balaban J connectivity index is 1.97. The largest absolute Gasteiger partial charge is 0.306 e. The number of aromatic nitrogens is 1. The Morgan fingerprint density at radius 1 is 1.00 bits per heavy atom. The third kappa shape index (κ3) is 4.40. The smallest absolute Gasteiger partial charge is 0.0570 e. The summed E-state index contributed by atoms with van der Waals surface area (Å²) in [7, 11) is 0. The van der Waals surface area contributed by atoms with E-state index in [0.717, 1.165) is 12.1 Å². The summed E-state index contributed by atoms with van der Waals surface area (Å²) in [6.07, 6.45) is 2.94. The lowest BCUT2D eigenvalue weighted by Crippen LogP contribution is -2.35. The standard InChI is InChI=1S/C19H26N2/c1-15(21-16(2)18-12-8-9-13-20-18)14-19(3,4)17-10-6-5-7-11-17/h5-13,15-16,21H,14H2,1-4H3/t15?,16-/m1/s1. The molecule has 0 aliphatic carbocycles. The van der Waals surface area contributed by atoms with E-state index < -0.39 is 0 Å². The van der Waals surface area contributed by atoms with E-state index in [1.54, 1.807) is 0 Å². The summed E-state index contributed by atoms with van der Waals surface area (Å²) >= 11 is 0. The van der Waals surface area contributed by atoms with Crippen molar-refractivity contribution in [2.24, 2.45) is 0 Å². The molecule has 1 N–H and O–H groups in total. The molecule has 0 aliphatic rings. The molecule has 1 heterocycles. The van der Waals surface area contributed by atoms with Crippen molar-refractivity contribution in [3.63, 3.8) is 0 Å². The van der Waals surface area contributed by atoms with Gasteiger partial charge in [0.15, 0.2) is 0 Å². The molecule has 0 amide bonds. The Kier molecular flexibility index (Phi) is 5.13. The molecule has 2 aromatic rings. The van der Waals surface area contributed by atoms with Crippen LogP contribution in [0, 0.1) is 0 Å². The minimum absolute atomic E-state index is 0.164. The van der Waals surface area contributed by atoms with Crippen molar-refractivity contribution in [3.8, 4) is 0 Å². The first-order valence-corrected chi connectivity index (χ1v) is 7.71. The van der Waals surface area contributed by atoms with E-state index in [1.807, 2.05) is 18.3 Å². The summed E-state index contributed by atoms with van der Waals surface area (Å²) in [5.41, 5.74) is 2.66. The van der Waals surface area contributed by atoms with Crippen LogP contribution >= 0.6 is 0 Å². The number of rotatable bonds is 6. The highest BCUT2D eigenvalue weighted by Crippen LogP contribution is 2.28. The number of pyridine rings is 1. The van der Waals surface area contributed by atoms with Crippen LogP contribution < -0.4 is 5.32 Å². The fourth-order valence-electron chi connectivity index (χ4n) is 2.98. The molecule has 1 unspecified atom stereocenters. The topological polar surface area (TPSA) is 24.9 Å². The number of hydrogen-bond donors (Lipinski definition) is 1. The van der Waals surface area contributed by atoms with Crippen molar-refractivity contribution < 1.29 is 0 Å². The van der Waals surface area contributed by atoms with Crippen LogP contribution in [0.4, 0.5) is 0 Å². The maximum atomic E-state index is 4.42. The molecule has 0 saturated heterocycles. The fraction of sp³-hybridized carbons (Fsp3) is 0.421. The summed E-state index contributed by atoms with van der Waals surface area (Å²) in [6.45, 7) is 9.05. The van der Waals surface area contributed by atoms with Gasteiger partial charge in [-0.25, -0.2) is 0 Å². The Morgan fingerprint density at radius 3 is 2.29 bits per heavy atom. The minimum atomic E-state index is 0.164. The molecular formula is C19H26N2. The van der Waals surface area contributed by atoms with Crippen molar-refractivity contribution in [1.82, 2.24) is 10.3 Å². The van der Waals surface area contributed by atoms with E-state index in [9.17, 15) is 0 Å². The van der Waals surface area contributed by atoms with E-state index in [1.165, 1.54) is 5.56 Å². The van der Waals surface area contributed by atoms with Crippen LogP contribution in [-0.2, 0) is 5.41 Å². The molecule has 2 nitrogen and oxygen atoms in total. The lowest BCUT2D eigenvalue weighted by Gasteiger charge is -2.30. The molecule has 2 heteroatoms. The molecule has 21 heavy (non-hydrogen) atoms. The molecule has 1 aromatic carbocycles. The predicted octanol–water partition coefficient (Wildman–Crippen LogP) is 4.49. The van der Waals surface area contributed by atoms with Crippen molar-refractivity contribution in [3.05, 3.63) is 66.0 Å². The van der Waals surface area contributed by atoms with E-state index in [-0.39, 0.29) is 11.5 Å². The SMILES string of the molecule is CC(CC(C)(C)c1ccccc1)N[C@H](C)c1ccccn1. The van der Waals surface area contributed by atoms with Crippen LogP contribution in [0.5, 0.6) is 0 Å². The molecule has 0 radical (unpaired) electrons. The van der Waals surface area contributed by atoms with Crippen LogP contribution in [0.15, 0.2) is 54.7 Å². The van der Waals surface area contributed by atoms with E-state index >= 15 is 0 Å². The monoisotopic (exact) mass is 282 g/mol. The lowest BCUT2D eigenvalue weighted by molar-refractivity contribution is 0.364. The zero-order valence-corrected chi connectivity index (χ0v) is 13.5. The molecule has 0 saturated carbocycles. The Bertz CT molecular complexity index is 534. The maximum absolute atomic E-state index is 4.42. The Hall–Kier alpha value is -1.67. The van der Waals surface area contributed by atoms with Crippen molar-refractivity contribution >= 4 is 0 Å². The van der Waals surface area contributed by atoms with Crippen LogP contribution in [0.3, 0.4) is 0 Å². The molecule has 0 bridgehead atoms. The van der Waals surface area contributed by atoms with E-state index in [4.69, 9.17) is 0 Å². The average molecular weight is 282 g/mol. The molecule has 0 spiro atoms. The first-order chi connectivity index (χ1) is 9.99. The number of nitrogens with zero attached hydrogens (tertiary/aromatic N) is 1. The molecule has 1 aromatic heterocycles. The van der Waals surface area contributed by atoms with Crippen LogP contribution in [-0.4, -0.2) is 11.0 Å². The zero-order chi connectivity index (χ0) is 15.3. The molecule has 0 fully saturated rings. The quantitative estimate of drug-likeness (QED) is 0.844. The second kappa shape index (κ2) is 6.86. The van der Waals surface area contributed by atoms with E-state index in [0.29, 0.717) is 6.04 Å². The van der Waals surface area contributed by atoms with Gasteiger partial charge in [-0.1, -0.05) is 50.2 Å². The van der Waals surface area contributed by atoms with Gasteiger partial charge in [-0.05, 0) is 43.4 Å². The van der Waals surface area contributed by atoms with Gasteiger partial charge in [0.05, 0.1) is 5.69 Å². The average Bonchev–Trinajstić information content (AvgIpc) is 2.48. The Morgan fingerprint density at radius 2 is 1.67 bits per heavy atom. The van der Waals surface area contributed by atoms with Crippen molar-refractivity contribution in [2.75, 3.05) is 0 Å². The third-order valence-electron chi connectivity index (χ3n) is 4.04. The summed E-state index contributed by atoms with van der Waals surface area (Å²) < 4.78 is 0. The van der Waals surface area contributed by atoms with Crippen molar-refractivity contribution in [1.29, 1.82) is 0 Å². The van der Waals surface area contributed by atoms with E-state index in [2.05, 4.69) is 74.4 Å². The van der Waals surface area contributed by atoms with Gasteiger partial charge in [0.1, 0.15) is 0 Å². The molecular weight excluding hydrogens is 256 g/mol. The summed E-state index contributed by atoms with van der Waals surface area (Å²) in [6, 6.07) is 17.5. The fourth-order valence-corrected chi connectivity index (χ4v) is 2.98. The van der Waals surface area contributed by atoms with Crippen LogP contribution in [0.25, 0.3) is 0 Å². The van der Waals surface area contributed by atoms with Gasteiger partial charge in [-0.15, -0.1) is 0 Å². The van der Waals surface area contributed by atoms with Crippen LogP contribution in [0.1, 0.15) is 51.4 Å². The molecule has 2 atom stereocenters. The summed E-state index contributed by atoms with van der Waals surface area (Å²) in [4.78, 5) is 4.42. The maximum Gasteiger partial charge on any atom is 0.0570 e. The van der Waals surface area contributed by atoms with Gasteiger partial charge >= 0.3 is 0 Å². The van der Waals surface area contributed by atoms with Gasteiger partial charge < -0.3 is 5.32 Å². The van der Waals surface area contributed by atoms with Gasteiger partial charge in [0.25, 0.3) is 0 Å². The zero-order valence-electron chi connectivity index (χ0n) is 13.5. The molecule has 112 valence electrons. The van der Waals surface area contributed by atoms with Crippen LogP contribution in [0.2, 0.25) is 0 Å². The van der Waals surface area contributed by atoms with Gasteiger partial charge in [-0.2, -0.15) is 0 Å².